The maximum Gasteiger partial charge on any atom is 0.251 e. The average Bonchev–Trinajstić information content (AvgIpc) is 2.51. The van der Waals surface area contributed by atoms with Gasteiger partial charge in [0.1, 0.15) is 5.75 Å². The number of hydrogen-bond donors (Lipinski definition) is 3. The molecule has 1 aromatic carbocycles. The average molecular weight is 294 g/mol. The fourth-order valence-corrected chi connectivity index (χ4v) is 1.52. The molecular formula is C14H22N4O3. The highest BCUT2D eigenvalue weighted by Gasteiger charge is 2.04. The Morgan fingerprint density at radius 3 is 2.48 bits per heavy atom. The molecule has 0 aliphatic heterocycles. The van der Waals surface area contributed by atoms with Gasteiger partial charge in [0.25, 0.3) is 5.91 Å². The molecule has 0 atom stereocenters. The minimum atomic E-state index is -0.144. The van der Waals surface area contributed by atoms with Gasteiger partial charge in [0.05, 0.1) is 20.3 Å². The summed E-state index contributed by atoms with van der Waals surface area (Å²) in [5.41, 5.74) is 6.21. The van der Waals surface area contributed by atoms with Crippen molar-refractivity contribution in [1.82, 2.24) is 10.6 Å². The van der Waals surface area contributed by atoms with Gasteiger partial charge in [0.2, 0.25) is 0 Å². The summed E-state index contributed by atoms with van der Waals surface area (Å²) in [4.78, 5) is 15.9. The van der Waals surface area contributed by atoms with Gasteiger partial charge in [-0.3, -0.25) is 9.79 Å². The minimum Gasteiger partial charge on any atom is -0.497 e. The first-order valence-corrected chi connectivity index (χ1v) is 6.62. The molecule has 1 rings (SSSR count). The first-order chi connectivity index (χ1) is 10.2. The molecule has 0 aliphatic carbocycles. The van der Waals surface area contributed by atoms with Crippen molar-refractivity contribution in [2.75, 3.05) is 40.5 Å². The molecule has 4 N–H and O–H groups in total. The van der Waals surface area contributed by atoms with Crippen LogP contribution in [-0.4, -0.2) is 52.3 Å². The van der Waals surface area contributed by atoms with E-state index in [9.17, 15) is 4.79 Å². The van der Waals surface area contributed by atoms with Crippen LogP contribution in [0.15, 0.2) is 29.3 Å². The van der Waals surface area contributed by atoms with Gasteiger partial charge >= 0.3 is 0 Å². The summed E-state index contributed by atoms with van der Waals surface area (Å²) in [5, 5.41) is 5.69. The minimum absolute atomic E-state index is 0.144. The molecule has 1 aromatic rings. The van der Waals surface area contributed by atoms with Gasteiger partial charge in [-0.2, -0.15) is 0 Å². The predicted molar refractivity (Wildman–Crippen MR) is 81.7 cm³/mol. The van der Waals surface area contributed by atoms with Gasteiger partial charge in [-0.25, -0.2) is 0 Å². The summed E-state index contributed by atoms with van der Waals surface area (Å²) >= 11 is 0. The molecule has 21 heavy (non-hydrogen) atoms. The maximum absolute atomic E-state index is 11.8. The molecule has 0 saturated heterocycles. The number of ether oxygens (including phenoxy) is 2. The van der Waals surface area contributed by atoms with Gasteiger partial charge in [-0.1, -0.05) is 0 Å². The van der Waals surface area contributed by atoms with Crippen molar-refractivity contribution in [1.29, 1.82) is 0 Å². The largest absolute Gasteiger partial charge is 0.497 e. The van der Waals surface area contributed by atoms with E-state index in [-0.39, 0.29) is 5.91 Å². The van der Waals surface area contributed by atoms with Crippen LogP contribution in [0.2, 0.25) is 0 Å². The number of rotatable bonds is 8. The summed E-state index contributed by atoms with van der Waals surface area (Å²) in [6, 6.07) is 6.91. The van der Waals surface area contributed by atoms with Gasteiger partial charge in [0, 0.05) is 25.8 Å². The van der Waals surface area contributed by atoms with E-state index < -0.39 is 0 Å². The Balaban J connectivity index is 2.25. The number of guanidine groups is 1. The topological polar surface area (TPSA) is 98.0 Å². The number of nitrogens with two attached hydrogens (primary N) is 1. The van der Waals surface area contributed by atoms with Gasteiger partial charge in [-0.15, -0.1) is 0 Å². The second-order valence-electron chi connectivity index (χ2n) is 4.17. The molecule has 7 nitrogen and oxygen atoms in total. The Hall–Kier alpha value is -2.28. The SMILES string of the molecule is COCCN=C(N)NCCNC(=O)c1ccc(OC)cc1. The Morgan fingerprint density at radius 2 is 1.86 bits per heavy atom. The lowest BCUT2D eigenvalue weighted by Gasteiger charge is -2.08. The highest BCUT2D eigenvalue weighted by Crippen LogP contribution is 2.10. The van der Waals surface area contributed by atoms with Crippen LogP contribution in [0.25, 0.3) is 0 Å². The van der Waals surface area contributed by atoms with Gasteiger partial charge < -0.3 is 25.8 Å². The predicted octanol–water partition coefficient (Wildman–Crippen LogP) is -0.0243. The third-order valence-electron chi connectivity index (χ3n) is 2.65. The Morgan fingerprint density at radius 1 is 1.19 bits per heavy atom. The fraction of sp³-hybridized carbons (Fsp3) is 0.429. The van der Waals surface area contributed by atoms with Crippen LogP contribution < -0.4 is 21.1 Å². The van der Waals surface area contributed by atoms with E-state index in [1.807, 2.05) is 0 Å². The Labute approximate surface area is 124 Å². The summed E-state index contributed by atoms with van der Waals surface area (Å²) in [6.07, 6.45) is 0. The molecular weight excluding hydrogens is 272 g/mol. The van der Waals surface area contributed by atoms with Gasteiger partial charge in [-0.05, 0) is 24.3 Å². The number of nitrogens with one attached hydrogen (secondary N) is 2. The van der Waals surface area contributed by atoms with Crippen molar-refractivity contribution in [2.24, 2.45) is 10.7 Å². The molecule has 0 fully saturated rings. The van der Waals surface area contributed by atoms with E-state index in [4.69, 9.17) is 15.2 Å². The standard InChI is InChI=1S/C14H22N4O3/c1-20-10-9-18-14(15)17-8-7-16-13(19)11-3-5-12(21-2)6-4-11/h3-6H,7-10H2,1-2H3,(H,16,19)(H3,15,17,18). The summed E-state index contributed by atoms with van der Waals surface area (Å²) < 4.78 is 9.89. The number of carbonyl (C=O) groups is 1. The second-order valence-corrected chi connectivity index (χ2v) is 4.17. The lowest BCUT2D eigenvalue weighted by Crippen LogP contribution is -2.38. The van der Waals surface area contributed by atoms with E-state index in [1.54, 1.807) is 38.5 Å². The quantitative estimate of drug-likeness (QED) is 0.355. The molecule has 116 valence electrons. The third kappa shape index (κ3) is 6.62. The molecule has 0 aliphatic rings. The number of hydrogen-bond acceptors (Lipinski definition) is 4. The highest BCUT2D eigenvalue weighted by atomic mass is 16.5. The molecule has 0 bridgehead atoms. The van der Waals surface area contributed by atoms with E-state index in [2.05, 4.69) is 15.6 Å². The van der Waals surface area contributed by atoms with Crippen molar-refractivity contribution in [3.05, 3.63) is 29.8 Å². The maximum atomic E-state index is 11.8. The zero-order valence-electron chi connectivity index (χ0n) is 12.4. The van der Waals surface area contributed by atoms with E-state index >= 15 is 0 Å². The molecule has 7 heteroatoms. The van der Waals surface area contributed by atoms with Crippen molar-refractivity contribution in [3.8, 4) is 5.75 Å². The zero-order chi connectivity index (χ0) is 15.5. The monoisotopic (exact) mass is 294 g/mol. The lowest BCUT2D eigenvalue weighted by molar-refractivity contribution is 0.0954. The van der Waals surface area contributed by atoms with E-state index in [0.29, 0.717) is 43.5 Å². The third-order valence-corrected chi connectivity index (χ3v) is 2.65. The molecule has 1 amide bonds. The number of methoxy groups -OCH3 is 2. The molecule has 0 radical (unpaired) electrons. The summed E-state index contributed by atoms with van der Waals surface area (Å²) in [5.74, 6) is 0.911. The lowest BCUT2D eigenvalue weighted by atomic mass is 10.2. The number of carbonyl (C=O) groups excluding carboxylic acids is 1. The number of aliphatic imine (C=N–C) groups is 1. The fourth-order valence-electron chi connectivity index (χ4n) is 1.52. The van der Waals surface area contributed by atoms with Crippen LogP contribution in [-0.2, 0) is 4.74 Å². The molecule has 0 spiro atoms. The van der Waals surface area contributed by atoms with Crippen LogP contribution in [0.4, 0.5) is 0 Å². The molecule has 0 unspecified atom stereocenters. The highest BCUT2D eigenvalue weighted by molar-refractivity contribution is 5.94. The summed E-state index contributed by atoms with van der Waals surface area (Å²) in [6.45, 7) is 1.99. The van der Waals surface area contributed by atoms with Crippen molar-refractivity contribution < 1.29 is 14.3 Å². The van der Waals surface area contributed by atoms with Crippen molar-refractivity contribution >= 4 is 11.9 Å². The molecule has 0 aromatic heterocycles. The number of nitrogens with zero attached hydrogens (tertiary/aromatic N) is 1. The van der Waals surface area contributed by atoms with E-state index in [1.165, 1.54) is 0 Å². The first kappa shape index (κ1) is 16.8. The van der Waals surface area contributed by atoms with Crippen LogP contribution >= 0.6 is 0 Å². The molecule has 0 heterocycles. The second kappa shape index (κ2) is 9.60. The van der Waals surface area contributed by atoms with Crippen LogP contribution in [0, 0.1) is 0 Å². The Bertz CT molecular complexity index is 460. The van der Waals surface area contributed by atoms with Crippen molar-refractivity contribution in [3.63, 3.8) is 0 Å². The van der Waals surface area contributed by atoms with Gasteiger partial charge in [0.15, 0.2) is 5.96 Å². The van der Waals surface area contributed by atoms with Crippen LogP contribution in [0.3, 0.4) is 0 Å². The number of amides is 1. The molecule has 0 saturated carbocycles. The smallest absolute Gasteiger partial charge is 0.251 e. The van der Waals surface area contributed by atoms with Crippen molar-refractivity contribution in [2.45, 2.75) is 0 Å². The Kier molecular flexibility index (Phi) is 7.67. The summed E-state index contributed by atoms with van der Waals surface area (Å²) in [7, 11) is 3.19. The zero-order valence-corrected chi connectivity index (χ0v) is 12.4. The normalized spacial score (nSPS) is 11.0. The van der Waals surface area contributed by atoms with Crippen LogP contribution in [0.5, 0.6) is 5.75 Å². The number of benzene rings is 1. The van der Waals surface area contributed by atoms with E-state index in [0.717, 1.165) is 0 Å². The van der Waals surface area contributed by atoms with Crippen LogP contribution in [0.1, 0.15) is 10.4 Å². The first-order valence-electron chi connectivity index (χ1n) is 6.62.